The molecule has 2 aliphatic rings. The van der Waals surface area contributed by atoms with Crippen molar-refractivity contribution in [2.45, 2.75) is 37.6 Å². The number of nitrogens with one attached hydrogen (secondary N) is 2. The van der Waals surface area contributed by atoms with E-state index in [1.54, 1.807) is 18.2 Å². The fraction of sp³-hybridized carbons (Fsp3) is 0.632. The summed E-state index contributed by atoms with van der Waals surface area (Å²) in [6.07, 6.45) is 3.48. The molecule has 0 unspecified atom stereocenters. The number of piperidine rings is 1. The smallest absolute Gasteiger partial charge is 0.251 e. The van der Waals surface area contributed by atoms with Crippen molar-refractivity contribution in [2.24, 2.45) is 5.92 Å². The average Bonchev–Trinajstić information content (AvgIpc) is 3.52. The lowest BCUT2D eigenvalue weighted by atomic mass is 9.96. The van der Waals surface area contributed by atoms with Gasteiger partial charge >= 0.3 is 0 Å². The molecule has 1 aromatic carbocycles. The Hall–Kier alpha value is -1.03. The first kappa shape index (κ1) is 21.7. The number of halogens is 2. The SMILES string of the molecule is O=C(NCC1CCN(CCNS(=O)(=O)C2CC2)CC1)c1cc(Br)cc(CF)c1. The highest BCUT2D eigenvalue weighted by Gasteiger charge is 2.35. The molecule has 0 aromatic heterocycles. The highest BCUT2D eigenvalue weighted by Crippen LogP contribution is 2.27. The Morgan fingerprint density at radius 3 is 2.54 bits per heavy atom. The van der Waals surface area contributed by atoms with Gasteiger partial charge in [-0.05, 0) is 68.5 Å². The van der Waals surface area contributed by atoms with Crippen LogP contribution in [-0.4, -0.2) is 57.2 Å². The molecule has 1 aliphatic carbocycles. The highest BCUT2D eigenvalue weighted by molar-refractivity contribution is 9.10. The maximum atomic E-state index is 12.9. The number of nitrogens with zero attached hydrogens (tertiary/aromatic N) is 1. The molecule has 1 aromatic rings. The predicted octanol–water partition coefficient (Wildman–Crippen LogP) is 2.44. The quantitative estimate of drug-likeness (QED) is 0.574. The van der Waals surface area contributed by atoms with E-state index < -0.39 is 16.7 Å². The second-order valence-electron chi connectivity index (χ2n) is 7.62. The zero-order valence-corrected chi connectivity index (χ0v) is 18.2. The fourth-order valence-corrected chi connectivity index (χ4v) is 5.36. The van der Waals surface area contributed by atoms with Crippen LogP contribution < -0.4 is 10.0 Å². The van der Waals surface area contributed by atoms with Crippen molar-refractivity contribution in [3.8, 4) is 0 Å². The highest BCUT2D eigenvalue weighted by atomic mass is 79.9. The van der Waals surface area contributed by atoms with Crippen LogP contribution in [0.3, 0.4) is 0 Å². The van der Waals surface area contributed by atoms with E-state index in [1.165, 1.54) is 0 Å². The number of alkyl halides is 1. The van der Waals surface area contributed by atoms with E-state index >= 15 is 0 Å². The van der Waals surface area contributed by atoms with Gasteiger partial charge in [-0.25, -0.2) is 17.5 Å². The van der Waals surface area contributed by atoms with Crippen LogP contribution in [0, 0.1) is 5.92 Å². The van der Waals surface area contributed by atoms with Crippen molar-refractivity contribution in [2.75, 3.05) is 32.7 Å². The first-order chi connectivity index (χ1) is 13.4. The fourth-order valence-electron chi connectivity index (χ4n) is 3.45. The van der Waals surface area contributed by atoms with Crippen LogP contribution in [0.5, 0.6) is 0 Å². The molecule has 1 saturated heterocycles. The van der Waals surface area contributed by atoms with Gasteiger partial charge in [0.1, 0.15) is 6.67 Å². The number of sulfonamides is 1. The Kier molecular flexibility index (Phi) is 7.47. The summed E-state index contributed by atoms with van der Waals surface area (Å²) in [6.45, 7) is 2.96. The third-order valence-corrected chi connectivity index (χ3v) is 7.74. The largest absolute Gasteiger partial charge is 0.352 e. The number of benzene rings is 1. The lowest BCUT2D eigenvalue weighted by molar-refractivity contribution is 0.0936. The zero-order valence-electron chi connectivity index (χ0n) is 15.8. The molecule has 2 N–H and O–H groups in total. The van der Waals surface area contributed by atoms with Gasteiger partial charge in [-0.1, -0.05) is 15.9 Å². The summed E-state index contributed by atoms with van der Waals surface area (Å²) in [7, 11) is -3.10. The number of amides is 1. The third kappa shape index (κ3) is 6.23. The molecule has 1 amide bonds. The Morgan fingerprint density at radius 1 is 1.18 bits per heavy atom. The molecule has 0 bridgehead atoms. The predicted molar refractivity (Wildman–Crippen MR) is 110 cm³/mol. The first-order valence-corrected chi connectivity index (χ1v) is 12.1. The maximum Gasteiger partial charge on any atom is 0.251 e. The Morgan fingerprint density at radius 2 is 1.89 bits per heavy atom. The van der Waals surface area contributed by atoms with E-state index in [9.17, 15) is 17.6 Å². The van der Waals surface area contributed by atoms with E-state index in [0.29, 0.717) is 34.6 Å². The average molecular weight is 476 g/mol. The van der Waals surface area contributed by atoms with Crippen molar-refractivity contribution in [1.29, 1.82) is 0 Å². The van der Waals surface area contributed by atoms with E-state index in [1.807, 2.05) is 0 Å². The minimum atomic E-state index is -3.10. The van der Waals surface area contributed by atoms with Crippen molar-refractivity contribution in [3.63, 3.8) is 0 Å². The lowest BCUT2D eigenvalue weighted by Gasteiger charge is -2.32. The van der Waals surface area contributed by atoms with Gasteiger partial charge in [0, 0.05) is 29.7 Å². The Labute approximate surface area is 174 Å². The van der Waals surface area contributed by atoms with E-state index in [0.717, 1.165) is 45.3 Å². The minimum Gasteiger partial charge on any atom is -0.352 e. The van der Waals surface area contributed by atoms with Crippen molar-refractivity contribution < 1.29 is 17.6 Å². The molecule has 3 rings (SSSR count). The van der Waals surface area contributed by atoms with E-state index in [4.69, 9.17) is 0 Å². The van der Waals surface area contributed by atoms with Crippen LogP contribution in [-0.2, 0) is 16.7 Å². The number of rotatable bonds is 9. The topological polar surface area (TPSA) is 78.5 Å². The van der Waals surface area contributed by atoms with Crippen LogP contribution in [0.1, 0.15) is 41.6 Å². The summed E-state index contributed by atoms with van der Waals surface area (Å²) in [6, 6.07) is 4.93. The van der Waals surface area contributed by atoms with Gasteiger partial charge in [0.2, 0.25) is 10.0 Å². The van der Waals surface area contributed by atoms with Crippen LogP contribution in [0.25, 0.3) is 0 Å². The second kappa shape index (κ2) is 9.65. The molecule has 0 radical (unpaired) electrons. The van der Waals surface area contributed by atoms with Gasteiger partial charge in [0.05, 0.1) is 5.25 Å². The summed E-state index contributed by atoms with van der Waals surface area (Å²) in [5.41, 5.74) is 0.938. The molecule has 28 heavy (non-hydrogen) atoms. The zero-order chi connectivity index (χ0) is 20.1. The number of carbonyl (C=O) groups excluding carboxylic acids is 1. The Bertz CT molecular complexity index is 794. The third-order valence-electron chi connectivity index (χ3n) is 5.33. The molecular weight excluding hydrogens is 449 g/mol. The number of hydrogen-bond donors (Lipinski definition) is 2. The van der Waals surface area contributed by atoms with Crippen molar-refractivity contribution in [3.05, 3.63) is 33.8 Å². The number of likely N-dealkylation sites (tertiary alicyclic amines) is 1. The minimum absolute atomic E-state index is 0.173. The van der Waals surface area contributed by atoms with E-state index in [-0.39, 0.29) is 11.2 Å². The number of carbonyl (C=O) groups is 1. The summed E-state index contributed by atoms with van der Waals surface area (Å²) in [4.78, 5) is 14.6. The summed E-state index contributed by atoms with van der Waals surface area (Å²) in [5.74, 6) is 0.212. The van der Waals surface area contributed by atoms with Crippen molar-refractivity contribution >= 4 is 31.9 Å². The normalized spacial score (nSPS) is 18.9. The molecule has 2 fully saturated rings. The standard InChI is InChI=1S/C19H27BrFN3O3S/c20-17-10-15(12-21)9-16(11-17)19(25)22-13-14-3-6-24(7-4-14)8-5-23-28(26,27)18-1-2-18/h9-11,14,18,23H,1-8,12-13H2,(H,22,25). The molecule has 1 heterocycles. The molecule has 156 valence electrons. The molecule has 9 heteroatoms. The van der Waals surface area contributed by atoms with Gasteiger partial charge in [-0.3, -0.25) is 4.79 Å². The first-order valence-electron chi connectivity index (χ1n) is 9.72. The molecule has 6 nitrogen and oxygen atoms in total. The molecule has 0 spiro atoms. The molecular formula is C19H27BrFN3O3S. The lowest BCUT2D eigenvalue weighted by Crippen LogP contribution is -2.42. The van der Waals surface area contributed by atoms with Crippen LogP contribution in [0.4, 0.5) is 4.39 Å². The molecule has 1 saturated carbocycles. The summed E-state index contributed by atoms with van der Waals surface area (Å²) in [5, 5.41) is 2.78. The van der Waals surface area contributed by atoms with Crippen LogP contribution >= 0.6 is 15.9 Å². The van der Waals surface area contributed by atoms with E-state index in [2.05, 4.69) is 30.9 Å². The summed E-state index contributed by atoms with van der Waals surface area (Å²) >= 11 is 3.31. The number of hydrogen-bond acceptors (Lipinski definition) is 4. The van der Waals surface area contributed by atoms with Gasteiger partial charge in [-0.15, -0.1) is 0 Å². The van der Waals surface area contributed by atoms with Gasteiger partial charge in [0.25, 0.3) is 5.91 Å². The van der Waals surface area contributed by atoms with Gasteiger partial charge in [-0.2, -0.15) is 0 Å². The molecule has 0 atom stereocenters. The Balaban J connectivity index is 1.36. The monoisotopic (exact) mass is 475 g/mol. The molecule has 1 aliphatic heterocycles. The second-order valence-corrected chi connectivity index (χ2v) is 10.6. The van der Waals surface area contributed by atoms with Crippen LogP contribution in [0.2, 0.25) is 0 Å². The summed E-state index contributed by atoms with van der Waals surface area (Å²) < 4.78 is 39.9. The van der Waals surface area contributed by atoms with Gasteiger partial charge in [0.15, 0.2) is 0 Å². The van der Waals surface area contributed by atoms with Crippen molar-refractivity contribution in [1.82, 2.24) is 14.9 Å². The maximum absolute atomic E-state index is 12.9. The van der Waals surface area contributed by atoms with Crippen LogP contribution in [0.15, 0.2) is 22.7 Å². The van der Waals surface area contributed by atoms with Gasteiger partial charge < -0.3 is 10.2 Å².